The fourth-order valence-corrected chi connectivity index (χ4v) is 6.88. The van der Waals surface area contributed by atoms with Gasteiger partial charge in [-0.3, -0.25) is 4.79 Å². The third-order valence-corrected chi connectivity index (χ3v) is 10.7. The molecule has 9 heteroatoms. The number of hydrogen-bond acceptors (Lipinski definition) is 8. The van der Waals surface area contributed by atoms with Crippen molar-refractivity contribution in [2.24, 2.45) is 0 Å². The van der Waals surface area contributed by atoms with E-state index in [4.69, 9.17) is 9.47 Å². The van der Waals surface area contributed by atoms with E-state index in [2.05, 4.69) is 92.1 Å². The minimum atomic E-state index is -1.59. The van der Waals surface area contributed by atoms with Crippen LogP contribution in [-0.4, -0.2) is 87.5 Å². The van der Waals surface area contributed by atoms with Gasteiger partial charge in [-0.15, -0.1) is 0 Å². The van der Waals surface area contributed by atoms with E-state index in [1.165, 1.54) is 77.0 Å². The van der Waals surface area contributed by atoms with E-state index in [-0.39, 0.29) is 18.9 Å². The van der Waals surface area contributed by atoms with E-state index < -0.39 is 49.5 Å². The number of allylic oxidation sites excluding steroid dienone is 13. The Kier molecular flexibility index (Phi) is 37.3. The fraction of sp³-hybridized carbons (Fsp3) is 0.706. The van der Waals surface area contributed by atoms with Gasteiger partial charge in [-0.1, -0.05) is 170 Å². The van der Waals surface area contributed by atoms with Gasteiger partial charge >= 0.3 is 0 Å². The van der Waals surface area contributed by atoms with Crippen LogP contribution >= 0.6 is 0 Å². The summed E-state index contributed by atoms with van der Waals surface area (Å²) in [6, 6.07) is -0.854. The van der Waals surface area contributed by atoms with Crippen LogP contribution in [0.15, 0.2) is 85.1 Å². The second-order valence-electron chi connectivity index (χ2n) is 16.1. The number of nitrogens with one attached hydrogen (secondary N) is 1. The standard InChI is InChI=1S/C51H87NO8/c1-3-5-7-9-11-13-15-17-19-20-21-22-23-24-25-27-28-30-32-34-36-38-40-45(54)44(43-59-51-50(58)49(57)48(56)46(42-53)60-51)52-47(55)41-39-37-35-33-31-29-26-18-16-14-12-10-8-6-4-2/h6,8,12,14,18,24-26,30-33,38,40,44-46,48-51,53-54,56-58H,3-5,7,9-11,13,15-17,19-23,27-29,34-37,39,41-43H2,1-2H3,(H,52,55)/b8-6-,14-12-,25-24+,26-18-,32-30+,33-31-,40-38+. The van der Waals surface area contributed by atoms with Gasteiger partial charge in [0.25, 0.3) is 0 Å². The molecular formula is C51H87NO8. The average Bonchev–Trinajstić information content (AvgIpc) is 3.25. The number of rotatable bonds is 38. The molecule has 0 bridgehead atoms. The lowest BCUT2D eigenvalue weighted by molar-refractivity contribution is -0.302. The molecule has 1 aliphatic rings. The molecule has 0 spiro atoms. The fourth-order valence-electron chi connectivity index (χ4n) is 6.88. The van der Waals surface area contributed by atoms with Crippen LogP contribution in [0.1, 0.15) is 174 Å². The molecule has 1 heterocycles. The van der Waals surface area contributed by atoms with Crippen molar-refractivity contribution in [3.05, 3.63) is 85.1 Å². The molecular weight excluding hydrogens is 755 g/mol. The number of carbonyl (C=O) groups is 1. The molecule has 1 amide bonds. The van der Waals surface area contributed by atoms with Crippen molar-refractivity contribution in [3.63, 3.8) is 0 Å². The smallest absolute Gasteiger partial charge is 0.220 e. The maximum Gasteiger partial charge on any atom is 0.220 e. The van der Waals surface area contributed by atoms with E-state index in [9.17, 15) is 30.3 Å². The van der Waals surface area contributed by atoms with Crippen LogP contribution in [0.2, 0.25) is 0 Å². The van der Waals surface area contributed by atoms with E-state index in [1.54, 1.807) is 6.08 Å². The quantitative estimate of drug-likeness (QED) is 0.0266. The molecule has 0 aromatic heterocycles. The molecule has 0 aromatic rings. The molecule has 0 radical (unpaired) electrons. The Hall–Kier alpha value is -2.63. The Morgan fingerprint density at radius 1 is 0.583 bits per heavy atom. The van der Waals surface area contributed by atoms with Crippen molar-refractivity contribution in [1.29, 1.82) is 0 Å². The van der Waals surface area contributed by atoms with E-state index in [0.717, 1.165) is 64.2 Å². The first-order chi connectivity index (χ1) is 29.3. The SMILES string of the molecule is CC/C=C\C/C=C\C/C=C\C/C=C\CCCCC(=O)NC(COC1OC(CO)C(O)C(O)C1O)C(O)/C=C/CC/C=C/CC/C=C/CCCCCCCCCCCCCC. The Morgan fingerprint density at radius 3 is 1.60 bits per heavy atom. The number of aliphatic hydroxyl groups excluding tert-OH is 5. The summed E-state index contributed by atoms with van der Waals surface area (Å²) in [5, 5.41) is 54.2. The average molecular weight is 842 g/mol. The first-order valence-electron chi connectivity index (χ1n) is 23.8. The van der Waals surface area contributed by atoms with Crippen molar-refractivity contribution in [2.45, 2.75) is 217 Å². The number of ether oxygens (including phenoxy) is 2. The Morgan fingerprint density at radius 2 is 1.05 bits per heavy atom. The van der Waals surface area contributed by atoms with Crippen LogP contribution in [0.5, 0.6) is 0 Å². The number of carbonyl (C=O) groups excluding carboxylic acids is 1. The highest BCUT2D eigenvalue weighted by molar-refractivity contribution is 5.76. The summed E-state index contributed by atoms with van der Waals surface area (Å²) in [5.74, 6) is -0.235. The summed E-state index contributed by atoms with van der Waals surface area (Å²) in [4.78, 5) is 12.9. The summed E-state index contributed by atoms with van der Waals surface area (Å²) in [5.41, 5.74) is 0. The molecule has 1 fully saturated rings. The van der Waals surface area contributed by atoms with Gasteiger partial charge < -0.3 is 40.3 Å². The normalized spacial score (nSPS) is 21.4. The highest BCUT2D eigenvalue weighted by Gasteiger charge is 2.44. The molecule has 0 aromatic carbocycles. The number of aliphatic hydroxyl groups is 5. The molecule has 9 nitrogen and oxygen atoms in total. The Balaban J connectivity index is 2.41. The summed E-state index contributed by atoms with van der Waals surface area (Å²) < 4.78 is 11.2. The summed E-state index contributed by atoms with van der Waals surface area (Å²) in [6.45, 7) is 3.60. The minimum absolute atomic E-state index is 0.228. The van der Waals surface area contributed by atoms with E-state index in [1.807, 2.05) is 6.08 Å². The van der Waals surface area contributed by atoms with Crippen LogP contribution in [0, 0.1) is 0 Å². The van der Waals surface area contributed by atoms with Crippen LogP contribution in [0.4, 0.5) is 0 Å². The van der Waals surface area contributed by atoms with Gasteiger partial charge in [0.2, 0.25) is 5.91 Å². The summed E-state index contributed by atoms with van der Waals surface area (Å²) >= 11 is 0. The zero-order valence-electron chi connectivity index (χ0n) is 37.7. The Bertz CT molecular complexity index is 1210. The number of hydrogen-bond donors (Lipinski definition) is 6. The molecule has 1 rings (SSSR count). The van der Waals surface area contributed by atoms with Crippen molar-refractivity contribution >= 4 is 5.91 Å². The first kappa shape index (κ1) is 55.4. The second-order valence-corrected chi connectivity index (χ2v) is 16.1. The van der Waals surface area contributed by atoms with Gasteiger partial charge in [0.05, 0.1) is 25.4 Å². The van der Waals surface area contributed by atoms with E-state index >= 15 is 0 Å². The first-order valence-corrected chi connectivity index (χ1v) is 23.8. The molecule has 60 heavy (non-hydrogen) atoms. The third-order valence-electron chi connectivity index (χ3n) is 10.7. The van der Waals surface area contributed by atoms with Crippen LogP contribution in [0.3, 0.4) is 0 Å². The highest BCUT2D eigenvalue weighted by Crippen LogP contribution is 2.22. The summed E-state index contributed by atoms with van der Waals surface area (Å²) in [7, 11) is 0. The lowest BCUT2D eigenvalue weighted by Gasteiger charge is -2.40. The van der Waals surface area contributed by atoms with Crippen molar-refractivity contribution in [3.8, 4) is 0 Å². The predicted octanol–water partition coefficient (Wildman–Crippen LogP) is 10.3. The van der Waals surface area contributed by atoms with Gasteiger partial charge in [-0.2, -0.15) is 0 Å². The zero-order chi connectivity index (χ0) is 43.7. The molecule has 344 valence electrons. The molecule has 0 aliphatic carbocycles. The van der Waals surface area contributed by atoms with Gasteiger partial charge in [-0.25, -0.2) is 0 Å². The lowest BCUT2D eigenvalue weighted by atomic mass is 9.99. The van der Waals surface area contributed by atoms with Crippen molar-refractivity contribution in [2.75, 3.05) is 13.2 Å². The third kappa shape index (κ3) is 30.4. The number of unbranched alkanes of at least 4 members (excludes halogenated alkanes) is 16. The monoisotopic (exact) mass is 842 g/mol. The molecule has 6 N–H and O–H groups in total. The minimum Gasteiger partial charge on any atom is -0.394 e. The van der Waals surface area contributed by atoms with Crippen molar-refractivity contribution in [1.82, 2.24) is 5.32 Å². The molecule has 7 atom stereocenters. The van der Waals surface area contributed by atoms with Crippen LogP contribution < -0.4 is 5.32 Å². The van der Waals surface area contributed by atoms with Gasteiger partial charge in [0, 0.05) is 6.42 Å². The molecule has 1 saturated heterocycles. The Labute approximate surface area is 365 Å². The van der Waals surface area contributed by atoms with E-state index in [0.29, 0.717) is 12.8 Å². The lowest BCUT2D eigenvalue weighted by Crippen LogP contribution is -2.60. The summed E-state index contributed by atoms with van der Waals surface area (Å²) in [6.07, 6.45) is 49.2. The topological polar surface area (TPSA) is 149 Å². The van der Waals surface area contributed by atoms with Crippen LogP contribution in [-0.2, 0) is 14.3 Å². The van der Waals surface area contributed by atoms with Gasteiger partial charge in [-0.05, 0) is 83.5 Å². The molecule has 0 saturated carbocycles. The maximum absolute atomic E-state index is 12.9. The molecule has 7 unspecified atom stereocenters. The second kappa shape index (κ2) is 40.4. The van der Waals surface area contributed by atoms with Gasteiger partial charge in [0.1, 0.15) is 24.4 Å². The maximum atomic E-state index is 12.9. The predicted molar refractivity (Wildman–Crippen MR) is 248 cm³/mol. The van der Waals surface area contributed by atoms with Crippen LogP contribution in [0.25, 0.3) is 0 Å². The highest BCUT2D eigenvalue weighted by atomic mass is 16.7. The number of amides is 1. The largest absolute Gasteiger partial charge is 0.394 e. The molecule has 1 aliphatic heterocycles. The zero-order valence-corrected chi connectivity index (χ0v) is 37.7. The van der Waals surface area contributed by atoms with Gasteiger partial charge in [0.15, 0.2) is 6.29 Å². The van der Waals surface area contributed by atoms with Crippen molar-refractivity contribution < 1.29 is 39.8 Å².